The second-order valence-corrected chi connectivity index (χ2v) is 8.18. The lowest BCUT2D eigenvalue weighted by atomic mass is 10.1. The van der Waals surface area contributed by atoms with Gasteiger partial charge in [0.15, 0.2) is 11.4 Å². The van der Waals surface area contributed by atoms with Crippen molar-refractivity contribution in [3.8, 4) is 23.6 Å². The van der Waals surface area contributed by atoms with Crippen molar-refractivity contribution in [1.29, 1.82) is 10.5 Å². The third kappa shape index (κ3) is 4.41. The smallest absolute Gasteiger partial charge is 0.296 e. The summed E-state index contributed by atoms with van der Waals surface area (Å²) in [7, 11) is -4.85. The van der Waals surface area contributed by atoms with Crippen molar-refractivity contribution in [3.05, 3.63) is 90.0 Å². The van der Waals surface area contributed by atoms with Crippen LogP contribution in [-0.4, -0.2) is 13.0 Å². The lowest BCUT2D eigenvalue weighted by molar-refractivity contribution is 0.471. The Morgan fingerprint density at radius 3 is 2.24 bits per heavy atom. The van der Waals surface area contributed by atoms with Gasteiger partial charge in [-0.2, -0.15) is 18.9 Å². The van der Waals surface area contributed by atoms with Gasteiger partial charge in [0.25, 0.3) is 10.1 Å². The molecule has 0 bridgehead atoms. The maximum Gasteiger partial charge on any atom is 0.296 e. The first kappa shape index (κ1) is 21.7. The highest BCUT2D eigenvalue weighted by Crippen LogP contribution is 2.43. The number of azo groups is 1. The molecule has 0 amide bonds. The lowest BCUT2D eigenvalue weighted by Crippen LogP contribution is -2.03. The van der Waals surface area contributed by atoms with Crippen molar-refractivity contribution in [2.75, 3.05) is 0 Å². The maximum absolute atomic E-state index is 12.2. The zero-order chi connectivity index (χ0) is 23.4. The van der Waals surface area contributed by atoms with Crippen LogP contribution in [0.15, 0.2) is 94.0 Å². The highest BCUT2D eigenvalue weighted by molar-refractivity contribution is 7.86. The Hall–Kier alpha value is -4.57. The minimum absolute atomic E-state index is 0.236. The molecular weight excluding hydrogens is 440 g/mol. The minimum Gasteiger partial charge on any atom is -0.454 e. The Morgan fingerprint density at radius 1 is 0.848 bits per heavy atom. The zero-order valence-corrected chi connectivity index (χ0v) is 17.7. The fraction of sp³-hybridized carbons (Fsp3) is 0. The monoisotopic (exact) mass is 454 g/mol. The standard InChI is InChI=1S/C24H14N4O4S/c25-14-17-13-22(33(29,30)31)23(24(20(17)15-26)32-18-9-2-1-3-10-18)28-27-21-12-6-8-16-7-4-5-11-19(16)21/h1-13H,(H,29,30,31). The minimum atomic E-state index is -4.85. The molecule has 9 heteroatoms. The number of benzene rings is 4. The summed E-state index contributed by atoms with van der Waals surface area (Å²) in [4.78, 5) is -0.701. The highest BCUT2D eigenvalue weighted by atomic mass is 32.2. The van der Waals surface area contributed by atoms with Gasteiger partial charge in [-0.15, -0.1) is 10.2 Å². The number of rotatable bonds is 5. The predicted octanol–water partition coefficient (Wildman–Crippen LogP) is 6.04. The topological polar surface area (TPSA) is 136 Å². The Labute approximate surface area is 189 Å². The SMILES string of the molecule is N#Cc1cc(S(=O)(=O)O)c(N=Nc2cccc3ccccc23)c(Oc2ccccc2)c1C#N. The molecule has 0 radical (unpaired) electrons. The van der Waals surface area contributed by atoms with Crippen LogP contribution >= 0.6 is 0 Å². The molecule has 0 heterocycles. The molecule has 0 aliphatic carbocycles. The van der Waals surface area contributed by atoms with Gasteiger partial charge in [-0.1, -0.05) is 54.6 Å². The molecule has 0 fully saturated rings. The van der Waals surface area contributed by atoms with E-state index in [4.69, 9.17) is 4.74 Å². The molecule has 8 nitrogen and oxygen atoms in total. The zero-order valence-electron chi connectivity index (χ0n) is 16.9. The molecule has 0 aliphatic heterocycles. The summed E-state index contributed by atoms with van der Waals surface area (Å²) in [6.45, 7) is 0. The van der Waals surface area contributed by atoms with Gasteiger partial charge in [-0.3, -0.25) is 4.55 Å². The van der Waals surface area contributed by atoms with Crippen molar-refractivity contribution in [2.24, 2.45) is 10.2 Å². The Balaban J connectivity index is 2.00. The van der Waals surface area contributed by atoms with Gasteiger partial charge in [0, 0.05) is 5.39 Å². The van der Waals surface area contributed by atoms with E-state index in [9.17, 15) is 23.5 Å². The number of fused-ring (bicyclic) bond motifs is 1. The molecule has 160 valence electrons. The fourth-order valence-electron chi connectivity index (χ4n) is 3.22. The average molecular weight is 454 g/mol. The molecule has 4 aromatic rings. The van der Waals surface area contributed by atoms with Gasteiger partial charge in [-0.05, 0) is 29.7 Å². The summed E-state index contributed by atoms with van der Waals surface area (Å²) in [6.07, 6.45) is 0. The molecule has 0 aromatic heterocycles. The predicted molar refractivity (Wildman–Crippen MR) is 120 cm³/mol. The first-order valence-corrected chi connectivity index (χ1v) is 11.0. The Morgan fingerprint density at radius 2 is 1.55 bits per heavy atom. The maximum atomic E-state index is 12.2. The first-order chi connectivity index (χ1) is 15.9. The van der Waals surface area contributed by atoms with Crippen molar-refractivity contribution in [3.63, 3.8) is 0 Å². The van der Waals surface area contributed by atoms with Crippen LogP contribution in [0.1, 0.15) is 11.1 Å². The van der Waals surface area contributed by atoms with Crippen LogP contribution in [0, 0.1) is 22.7 Å². The van der Waals surface area contributed by atoms with Crippen molar-refractivity contribution in [1.82, 2.24) is 0 Å². The van der Waals surface area contributed by atoms with E-state index in [0.29, 0.717) is 5.69 Å². The van der Waals surface area contributed by atoms with E-state index in [1.165, 1.54) is 0 Å². The van der Waals surface area contributed by atoms with E-state index in [0.717, 1.165) is 16.8 Å². The summed E-state index contributed by atoms with van der Waals surface area (Å²) >= 11 is 0. The molecule has 33 heavy (non-hydrogen) atoms. The molecule has 0 saturated heterocycles. The van der Waals surface area contributed by atoms with E-state index in [2.05, 4.69) is 10.2 Å². The molecule has 1 N–H and O–H groups in total. The van der Waals surface area contributed by atoms with Gasteiger partial charge in [-0.25, -0.2) is 0 Å². The van der Waals surface area contributed by atoms with E-state index in [-0.39, 0.29) is 22.6 Å². The van der Waals surface area contributed by atoms with Crippen LogP contribution in [0.4, 0.5) is 11.4 Å². The van der Waals surface area contributed by atoms with Crippen LogP contribution in [0.5, 0.6) is 11.5 Å². The van der Waals surface area contributed by atoms with Crippen molar-refractivity contribution in [2.45, 2.75) is 4.90 Å². The van der Waals surface area contributed by atoms with Crippen LogP contribution in [0.3, 0.4) is 0 Å². The first-order valence-electron chi connectivity index (χ1n) is 9.53. The molecule has 0 aliphatic rings. The number of ether oxygens (including phenoxy) is 1. The number of nitriles is 2. The third-order valence-electron chi connectivity index (χ3n) is 4.72. The van der Waals surface area contributed by atoms with E-state index in [1.54, 1.807) is 48.5 Å². The van der Waals surface area contributed by atoms with E-state index >= 15 is 0 Å². The van der Waals surface area contributed by atoms with Crippen LogP contribution < -0.4 is 4.74 Å². The highest BCUT2D eigenvalue weighted by Gasteiger charge is 2.27. The number of hydrogen-bond acceptors (Lipinski definition) is 7. The Kier molecular flexibility index (Phi) is 5.83. The second kappa shape index (κ2) is 8.89. The molecule has 0 spiro atoms. The molecule has 4 aromatic carbocycles. The van der Waals surface area contributed by atoms with E-state index in [1.807, 2.05) is 36.4 Å². The van der Waals surface area contributed by atoms with Crippen molar-refractivity contribution >= 4 is 32.3 Å². The van der Waals surface area contributed by atoms with Gasteiger partial charge in [0.05, 0.1) is 11.3 Å². The summed E-state index contributed by atoms with van der Waals surface area (Å²) < 4.78 is 39.9. The normalized spacial score (nSPS) is 11.2. The van der Waals surface area contributed by atoms with Gasteiger partial charge >= 0.3 is 0 Å². The second-order valence-electron chi connectivity index (χ2n) is 6.79. The third-order valence-corrected chi connectivity index (χ3v) is 5.58. The van der Waals surface area contributed by atoms with Crippen LogP contribution in [0.2, 0.25) is 0 Å². The van der Waals surface area contributed by atoms with Gasteiger partial charge in [0.2, 0.25) is 0 Å². The fourth-order valence-corrected chi connectivity index (χ4v) is 3.86. The average Bonchev–Trinajstić information content (AvgIpc) is 2.82. The largest absolute Gasteiger partial charge is 0.454 e. The molecular formula is C24H14N4O4S. The van der Waals surface area contributed by atoms with Gasteiger partial charge < -0.3 is 4.74 Å². The molecule has 0 saturated carbocycles. The number of nitrogens with zero attached hydrogens (tertiary/aromatic N) is 4. The Bertz CT molecular complexity index is 1580. The summed E-state index contributed by atoms with van der Waals surface area (Å²) in [5.74, 6) is -0.0358. The number of hydrogen-bond donors (Lipinski definition) is 1. The van der Waals surface area contributed by atoms with Crippen molar-refractivity contribution < 1.29 is 17.7 Å². The molecule has 0 unspecified atom stereocenters. The lowest BCUT2D eigenvalue weighted by Gasteiger charge is -2.13. The molecule has 0 atom stereocenters. The summed E-state index contributed by atoms with van der Waals surface area (Å²) in [5, 5.41) is 29.1. The summed E-state index contributed by atoms with van der Waals surface area (Å²) in [5.41, 5.74) is -0.492. The van der Waals surface area contributed by atoms with Crippen LogP contribution in [-0.2, 0) is 10.1 Å². The van der Waals surface area contributed by atoms with Crippen LogP contribution in [0.25, 0.3) is 10.8 Å². The van der Waals surface area contributed by atoms with E-state index < -0.39 is 20.7 Å². The quantitative estimate of drug-likeness (QED) is 0.288. The van der Waals surface area contributed by atoms with Gasteiger partial charge in [0.1, 0.15) is 28.3 Å². The number of para-hydroxylation sites is 1. The molecule has 4 rings (SSSR count). The summed E-state index contributed by atoms with van der Waals surface area (Å²) in [6, 6.07) is 25.5.